The number of benzene rings is 1. The molecule has 0 aromatic heterocycles. The summed E-state index contributed by atoms with van der Waals surface area (Å²) in [7, 11) is 0. The SMILES string of the molecule is CC(CNC(=O)N1C[C@@H](C(F)(F)F)[C@H](C(=O)O)C1)c1ccccc1. The highest BCUT2D eigenvalue weighted by molar-refractivity contribution is 5.77. The molecule has 0 spiro atoms. The monoisotopic (exact) mass is 344 g/mol. The Bertz CT molecular complexity index is 592. The van der Waals surface area contributed by atoms with Gasteiger partial charge in [-0.2, -0.15) is 13.2 Å². The first-order valence-electron chi connectivity index (χ1n) is 7.57. The van der Waals surface area contributed by atoms with E-state index in [0.717, 1.165) is 10.5 Å². The van der Waals surface area contributed by atoms with Gasteiger partial charge >= 0.3 is 18.2 Å². The van der Waals surface area contributed by atoms with Crippen LogP contribution in [0.4, 0.5) is 18.0 Å². The molecule has 0 saturated carbocycles. The summed E-state index contributed by atoms with van der Waals surface area (Å²) in [5.41, 5.74) is 0.996. The van der Waals surface area contributed by atoms with Crippen molar-refractivity contribution in [1.82, 2.24) is 10.2 Å². The molecule has 0 aliphatic carbocycles. The minimum absolute atomic E-state index is 0.00793. The van der Waals surface area contributed by atoms with Crippen LogP contribution in [0.5, 0.6) is 0 Å². The van der Waals surface area contributed by atoms with Crippen molar-refractivity contribution in [3.8, 4) is 0 Å². The number of nitrogens with one attached hydrogen (secondary N) is 1. The van der Waals surface area contributed by atoms with Gasteiger partial charge in [0.15, 0.2) is 0 Å². The maximum atomic E-state index is 12.9. The van der Waals surface area contributed by atoms with Gasteiger partial charge in [-0.3, -0.25) is 4.79 Å². The van der Waals surface area contributed by atoms with Crippen LogP contribution in [0.1, 0.15) is 18.4 Å². The maximum absolute atomic E-state index is 12.9. The highest BCUT2D eigenvalue weighted by Gasteiger charge is 2.53. The quantitative estimate of drug-likeness (QED) is 0.882. The Morgan fingerprint density at radius 2 is 1.92 bits per heavy atom. The van der Waals surface area contributed by atoms with Crippen molar-refractivity contribution in [2.45, 2.75) is 19.0 Å². The van der Waals surface area contributed by atoms with Crippen LogP contribution in [0.3, 0.4) is 0 Å². The topological polar surface area (TPSA) is 69.6 Å². The van der Waals surface area contributed by atoms with Crippen LogP contribution in [0.15, 0.2) is 30.3 Å². The Labute approximate surface area is 137 Å². The molecule has 1 aliphatic heterocycles. The summed E-state index contributed by atoms with van der Waals surface area (Å²) in [5.74, 6) is -5.20. The van der Waals surface area contributed by atoms with Gasteiger partial charge in [0.05, 0.1) is 11.8 Å². The number of carboxylic acids is 1. The van der Waals surface area contributed by atoms with E-state index in [1.807, 2.05) is 37.3 Å². The van der Waals surface area contributed by atoms with Crippen LogP contribution < -0.4 is 5.32 Å². The molecule has 1 fully saturated rings. The molecule has 1 aliphatic rings. The molecule has 8 heteroatoms. The number of nitrogens with zero attached hydrogens (tertiary/aromatic N) is 1. The summed E-state index contributed by atoms with van der Waals surface area (Å²) in [6.07, 6.45) is -4.64. The van der Waals surface area contributed by atoms with Crippen molar-refractivity contribution in [2.75, 3.05) is 19.6 Å². The van der Waals surface area contributed by atoms with Crippen LogP contribution in [-0.4, -0.2) is 47.8 Å². The summed E-state index contributed by atoms with van der Waals surface area (Å²) < 4.78 is 38.8. The molecular formula is C16H19F3N2O3. The summed E-state index contributed by atoms with van der Waals surface area (Å²) in [6, 6.07) is 8.71. The number of hydrogen-bond donors (Lipinski definition) is 2. The number of carbonyl (C=O) groups is 2. The van der Waals surface area contributed by atoms with Crippen LogP contribution in [0, 0.1) is 11.8 Å². The van der Waals surface area contributed by atoms with E-state index in [-0.39, 0.29) is 12.5 Å². The van der Waals surface area contributed by atoms with E-state index in [0.29, 0.717) is 0 Å². The molecule has 5 nitrogen and oxygen atoms in total. The van der Waals surface area contributed by atoms with Gasteiger partial charge in [0.2, 0.25) is 0 Å². The molecule has 1 saturated heterocycles. The molecule has 2 amide bonds. The molecule has 2 N–H and O–H groups in total. The molecule has 0 bridgehead atoms. The number of carbonyl (C=O) groups excluding carboxylic acids is 1. The van der Waals surface area contributed by atoms with Gasteiger partial charge in [0.1, 0.15) is 0 Å². The van der Waals surface area contributed by atoms with E-state index in [4.69, 9.17) is 5.11 Å². The molecule has 1 heterocycles. The first-order chi connectivity index (χ1) is 11.2. The first kappa shape index (κ1) is 18.1. The lowest BCUT2D eigenvalue weighted by Crippen LogP contribution is -2.40. The number of alkyl halides is 3. The second-order valence-electron chi connectivity index (χ2n) is 6.00. The minimum atomic E-state index is -4.64. The number of halogens is 3. The van der Waals surface area contributed by atoms with E-state index < -0.39 is 43.1 Å². The largest absolute Gasteiger partial charge is 0.481 e. The number of hydrogen-bond acceptors (Lipinski definition) is 2. The highest BCUT2D eigenvalue weighted by atomic mass is 19.4. The Kier molecular flexibility index (Phi) is 5.36. The van der Waals surface area contributed by atoms with Crippen LogP contribution in [-0.2, 0) is 4.79 Å². The summed E-state index contributed by atoms with van der Waals surface area (Å²) >= 11 is 0. The van der Waals surface area contributed by atoms with Gasteiger partial charge in [-0.05, 0) is 11.5 Å². The summed E-state index contributed by atoms with van der Waals surface area (Å²) in [4.78, 5) is 24.0. The number of aliphatic carboxylic acids is 1. The van der Waals surface area contributed by atoms with Gasteiger partial charge in [-0.15, -0.1) is 0 Å². The zero-order chi connectivity index (χ0) is 17.9. The number of rotatable bonds is 4. The lowest BCUT2D eigenvalue weighted by atomic mass is 9.96. The number of likely N-dealkylation sites (tertiary alicyclic amines) is 1. The maximum Gasteiger partial charge on any atom is 0.394 e. The number of carboxylic acid groups (broad SMARTS) is 1. The van der Waals surface area contributed by atoms with Crippen molar-refractivity contribution < 1.29 is 27.9 Å². The van der Waals surface area contributed by atoms with E-state index in [1.165, 1.54) is 0 Å². The Balaban J connectivity index is 1.94. The normalized spacial score (nSPS) is 22.2. The third-order valence-corrected chi connectivity index (χ3v) is 4.27. The van der Waals surface area contributed by atoms with Crippen LogP contribution in [0.2, 0.25) is 0 Å². The van der Waals surface area contributed by atoms with Crippen molar-refractivity contribution >= 4 is 12.0 Å². The molecule has 24 heavy (non-hydrogen) atoms. The lowest BCUT2D eigenvalue weighted by Gasteiger charge is -2.20. The predicted octanol–water partition coefficient (Wildman–Crippen LogP) is 2.69. The molecule has 3 atom stereocenters. The molecule has 0 radical (unpaired) electrons. The Morgan fingerprint density at radius 1 is 1.29 bits per heavy atom. The average molecular weight is 344 g/mol. The molecule has 1 aromatic rings. The molecule has 2 rings (SSSR count). The third kappa shape index (κ3) is 4.18. The fourth-order valence-corrected chi connectivity index (χ4v) is 2.80. The van der Waals surface area contributed by atoms with Gasteiger partial charge in [0, 0.05) is 19.6 Å². The van der Waals surface area contributed by atoms with Crippen LogP contribution >= 0.6 is 0 Å². The lowest BCUT2D eigenvalue weighted by molar-refractivity contribution is -0.187. The molecule has 1 unspecified atom stereocenters. The average Bonchev–Trinajstić information content (AvgIpc) is 2.99. The number of urea groups is 1. The summed E-state index contributed by atoms with van der Waals surface area (Å²) in [5, 5.41) is 11.5. The van der Waals surface area contributed by atoms with Gasteiger partial charge in [-0.1, -0.05) is 37.3 Å². The third-order valence-electron chi connectivity index (χ3n) is 4.27. The molecule has 1 aromatic carbocycles. The zero-order valence-corrected chi connectivity index (χ0v) is 13.1. The van der Waals surface area contributed by atoms with E-state index in [9.17, 15) is 22.8 Å². The zero-order valence-electron chi connectivity index (χ0n) is 13.1. The van der Waals surface area contributed by atoms with E-state index in [2.05, 4.69) is 5.32 Å². The smallest absolute Gasteiger partial charge is 0.394 e. The van der Waals surface area contributed by atoms with Crippen LogP contribution in [0.25, 0.3) is 0 Å². The second kappa shape index (κ2) is 7.11. The fraction of sp³-hybridized carbons (Fsp3) is 0.500. The van der Waals surface area contributed by atoms with Crippen molar-refractivity contribution in [2.24, 2.45) is 11.8 Å². The van der Waals surface area contributed by atoms with Crippen molar-refractivity contribution in [3.05, 3.63) is 35.9 Å². The fourth-order valence-electron chi connectivity index (χ4n) is 2.80. The van der Waals surface area contributed by atoms with Gasteiger partial charge in [0.25, 0.3) is 0 Å². The highest BCUT2D eigenvalue weighted by Crippen LogP contribution is 2.37. The van der Waals surface area contributed by atoms with Crippen molar-refractivity contribution in [3.63, 3.8) is 0 Å². The van der Waals surface area contributed by atoms with E-state index >= 15 is 0 Å². The molecule has 132 valence electrons. The van der Waals surface area contributed by atoms with Crippen molar-refractivity contribution in [1.29, 1.82) is 0 Å². The minimum Gasteiger partial charge on any atom is -0.481 e. The van der Waals surface area contributed by atoms with Gasteiger partial charge < -0.3 is 15.3 Å². The van der Waals surface area contributed by atoms with E-state index in [1.54, 1.807) is 0 Å². The summed E-state index contributed by atoms with van der Waals surface area (Å²) in [6.45, 7) is 1.07. The second-order valence-corrected chi connectivity index (χ2v) is 6.00. The van der Waals surface area contributed by atoms with Gasteiger partial charge in [-0.25, -0.2) is 4.79 Å². The molecular weight excluding hydrogens is 325 g/mol. The standard InChI is InChI=1S/C16H19F3N2O3/c1-10(11-5-3-2-4-6-11)7-20-15(24)21-8-12(14(22)23)13(9-21)16(17,18)19/h2-6,10,12-13H,7-9H2,1H3,(H,20,24)(H,22,23)/t10?,12-,13-/m1/s1. The predicted molar refractivity (Wildman–Crippen MR) is 80.5 cm³/mol. The Hall–Kier alpha value is -2.25. The first-order valence-corrected chi connectivity index (χ1v) is 7.57. The number of amides is 2. The Morgan fingerprint density at radius 3 is 2.42 bits per heavy atom.